The van der Waals surface area contributed by atoms with Crippen LogP contribution in [0.25, 0.3) is 0 Å². The van der Waals surface area contributed by atoms with E-state index in [0.717, 1.165) is 46.4 Å². The largest absolute Gasteiger partial charge is 0.438 e. The molecule has 0 fully saturated rings. The van der Waals surface area contributed by atoms with E-state index in [4.69, 9.17) is 4.42 Å². The standard InChI is InChI=1S/2C7H12N2O.C7H11NO2.C6H11N3O.3C6H11N3.3C6H10N2O2.C5H10N4.C5H8N2O/c1-7(2,3)6-8-4-5(10)9-6;1-7(2,3)5-4-6(10)9-8-5;1-7(2,3)5-4-6(9)10-8-5;1-6(2,3)4-7-5(10)9-8-4;3*1-6(2,3)5-7-4-8-9-5;1-6(2,3)4-7-8-5(9)10-4;2*1-6(2,3)4-7-5(9)10-8-4;1-5(2,3)4-6-8-9-7-4;1-4(2)5-6-3-8-7-5/h4H2,1-3H3,(H,8,9,10);4H2,1-3H3,(H,9,10);4H2,1-3H3;1-3H3,(H2,7,8,9,10);4H2,1-3H3;2*4H,1-3H3,(H,7,8,9);1-3H3,(H,8,9);2*1-3H3,(H,7,8,9);1-3H3,(H,6,7,8,9);3-4H,1-2H3. The van der Waals surface area contributed by atoms with Crippen LogP contribution in [0.4, 0.5) is 0 Å². The number of carbonyl (C=O) groups excluding carboxylic acids is 3. The Labute approximate surface area is 665 Å². The second kappa shape index (κ2) is 42.7. The Hall–Kier alpha value is -11.1. The van der Waals surface area contributed by atoms with Crippen LogP contribution >= 0.6 is 0 Å². The van der Waals surface area contributed by atoms with Gasteiger partial charge in [-0.2, -0.15) is 35.7 Å². The molecule has 41 heteroatoms. The number of nitrogens with zero attached hydrogens (tertiary/aromatic N) is 19. The van der Waals surface area contributed by atoms with Crippen LogP contribution in [0.3, 0.4) is 0 Å². The molecule has 0 saturated carbocycles. The van der Waals surface area contributed by atoms with E-state index in [-0.39, 0.29) is 83.0 Å². The first kappa shape index (κ1) is 101. The third-order valence-corrected chi connectivity index (χ3v) is 14.2. The van der Waals surface area contributed by atoms with Crippen LogP contribution in [0.1, 0.15) is 308 Å². The van der Waals surface area contributed by atoms with Crippen LogP contribution in [0.2, 0.25) is 0 Å². The van der Waals surface area contributed by atoms with Gasteiger partial charge >= 0.3 is 28.9 Å². The van der Waals surface area contributed by atoms with Crippen molar-refractivity contribution in [3.05, 3.63) is 108 Å². The van der Waals surface area contributed by atoms with Crippen LogP contribution < -0.4 is 33.7 Å². The Balaban J connectivity index is 0.000000622. The van der Waals surface area contributed by atoms with Crippen molar-refractivity contribution < 1.29 is 37.2 Å². The Morgan fingerprint density at radius 2 is 0.947 bits per heavy atom. The molecule has 2 amide bonds. The minimum absolute atomic E-state index is 0.00456. The monoisotopic (exact) mass is 1600 g/mol. The van der Waals surface area contributed by atoms with E-state index in [2.05, 4.69) is 229 Å². The number of amides is 2. The number of carbonyl (C=O) groups is 3. The summed E-state index contributed by atoms with van der Waals surface area (Å²) >= 11 is 0. The predicted octanol–water partition coefficient (Wildman–Crippen LogP) is 10.9. The first-order chi connectivity index (χ1) is 51.7. The van der Waals surface area contributed by atoms with Crippen LogP contribution in [0, 0.1) is 21.7 Å². The smallest absolute Gasteiger partial charge is 0.392 e. The average Bonchev–Trinajstić information content (AvgIpc) is 1.74. The van der Waals surface area contributed by atoms with E-state index in [0.29, 0.717) is 55.3 Å². The maximum absolute atomic E-state index is 10.7. The van der Waals surface area contributed by atoms with Gasteiger partial charge in [0.05, 0.1) is 24.3 Å². The predicted molar refractivity (Wildman–Crippen MR) is 431 cm³/mol. The number of aliphatic imine (C=N–C) groups is 2. The van der Waals surface area contributed by atoms with Gasteiger partial charge in [-0.25, -0.2) is 54.6 Å². The van der Waals surface area contributed by atoms with Gasteiger partial charge in [0.1, 0.15) is 42.5 Å². The Morgan fingerprint density at radius 3 is 1.12 bits per heavy atom. The molecule has 4 aliphatic heterocycles. The normalized spacial score (nSPS) is 14.1. The van der Waals surface area contributed by atoms with Crippen molar-refractivity contribution in [3.63, 3.8) is 0 Å². The summed E-state index contributed by atoms with van der Waals surface area (Å²) in [6.45, 7) is 71.4. The highest BCUT2D eigenvalue weighted by atomic mass is 16.7. The van der Waals surface area contributed by atoms with Gasteiger partial charge in [0.25, 0.3) is 0 Å². The number of hydrogen-bond donors (Lipinski definition) is 10. The number of aromatic nitrogens is 21. The zero-order valence-electron chi connectivity index (χ0n) is 73.5. The molecule has 12 rings (SSSR count). The fourth-order valence-corrected chi connectivity index (χ4v) is 7.24. The van der Waals surface area contributed by atoms with E-state index in [1.165, 1.54) is 19.0 Å². The molecule has 10 N–H and O–H groups in total. The van der Waals surface area contributed by atoms with Gasteiger partial charge in [0, 0.05) is 65.5 Å². The van der Waals surface area contributed by atoms with Gasteiger partial charge in [-0.3, -0.25) is 48.8 Å². The molecule has 4 aliphatic rings. The van der Waals surface area contributed by atoms with Crippen molar-refractivity contribution in [2.75, 3.05) is 13.2 Å². The van der Waals surface area contributed by atoms with E-state index in [1.54, 1.807) is 0 Å². The molecule has 0 spiro atoms. The maximum Gasteiger partial charge on any atom is 0.438 e. The van der Waals surface area contributed by atoms with Gasteiger partial charge in [-0.05, 0) is 0 Å². The third-order valence-electron chi connectivity index (χ3n) is 14.2. The molecule has 8 aromatic heterocycles. The van der Waals surface area contributed by atoms with Crippen LogP contribution in [-0.4, -0.2) is 161 Å². The lowest BCUT2D eigenvalue weighted by molar-refractivity contribution is -0.140. The number of rotatable bonds is 1. The topological polar surface area (TPSA) is 573 Å². The highest BCUT2D eigenvalue weighted by Crippen LogP contribution is 2.25. The summed E-state index contributed by atoms with van der Waals surface area (Å²) in [5.74, 6) is 6.00. The number of H-pyrrole nitrogens is 8. The Bertz CT molecular complexity index is 4070. The second-order valence-corrected chi connectivity index (χ2v) is 37.5. The number of hydrazone groups is 1. The lowest BCUT2D eigenvalue weighted by Crippen LogP contribution is -2.34. The van der Waals surface area contributed by atoms with Crippen LogP contribution in [0.5, 0.6) is 0 Å². The van der Waals surface area contributed by atoms with Gasteiger partial charge in [0.2, 0.25) is 24.1 Å². The first-order valence-corrected chi connectivity index (χ1v) is 36.7. The minimum atomic E-state index is -0.495. The molecule has 636 valence electrons. The third kappa shape index (κ3) is 40.9. The number of tetrazole rings is 1. The molecule has 0 bridgehead atoms. The highest BCUT2D eigenvalue weighted by Gasteiger charge is 2.30. The van der Waals surface area contributed by atoms with Gasteiger partial charge < -0.3 is 19.1 Å². The van der Waals surface area contributed by atoms with Crippen molar-refractivity contribution in [2.24, 2.45) is 52.1 Å². The number of oxime groups is 1. The molecule has 0 radical (unpaired) electrons. The molecule has 0 unspecified atom stereocenters. The Morgan fingerprint density at radius 1 is 0.447 bits per heavy atom. The van der Waals surface area contributed by atoms with Gasteiger partial charge in [-0.1, -0.05) is 268 Å². The zero-order valence-corrected chi connectivity index (χ0v) is 73.5. The van der Waals surface area contributed by atoms with Crippen molar-refractivity contribution >= 4 is 40.9 Å². The van der Waals surface area contributed by atoms with Crippen molar-refractivity contribution in [1.29, 1.82) is 0 Å². The SMILES string of the molecule is CC(C)(C)C1=NCC(=O)N1.CC(C)(C)C1=NCN=N1.CC(C)(C)C1=NNC(=O)C1.CC(C)(C)C1=NOC(=O)C1.CC(C)(C)c1n[nH]c(=O)[nH]1.CC(C)(C)c1n[nH]c(=O)o1.CC(C)(C)c1ncn[nH]1.CC(C)(C)c1ncn[nH]1.CC(C)(C)c1nn[nH]n1.CC(C)(C)c1noc(=O)[nH]1.CC(C)(C)c1noc(=O)[nH]1.CC(C)c1ncon1. The van der Waals surface area contributed by atoms with Gasteiger partial charge in [-0.15, -0.1) is 20.4 Å². The number of nitrogens with one attached hydrogen (secondary N) is 10. The quantitative estimate of drug-likeness (QED) is 0.0682. The lowest BCUT2D eigenvalue weighted by Gasteiger charge is -2.17. The molecular weight excluding hydrogens is 1470 g/mol. The summed E-state index contributed by atoms with van der Waals surface area (Å²) in [5.41, 5.74) is 3.61. The second-order valence-electron chi connectivity index (χ2n) is 37.5. The summed E-state index contributed by atoms with van der Waals surface area (Å²) in [7, 11) is 0. The lowest BCUT2D eigenvalue weighted by atomic mass is 9.88. The number of amidine groups is 2. The molecule has 0 saturated heterocycles. The van der Waals surface area contributed by atoms with Crippen molar-refractivity contribution in [3.8, 4) is 0 Å². The zero-order chi connectivity index (χ0) is 88.0. The first-order valence-electron chi connectivity index (χ1n) is 36.7. The maximum atomic E-state index is 10.7. The summed E-state index contributed by atoms with van der Waals surface area (Å²) in [6.07, 6.45) is 5.21. The minimum Gasteiger partial charge on any atom is -0.392 e. The molecular formula is C73H127N29O12. The number of aromatic amines is 8. The molecule has 8 aromatic rings. The molecule has 0 atom stereocenters. The average molecular weight is 1600 g/mol. The van der Waals surface area contributed by atoms with E-state index < -0.39 is 17.3 Å². The van der Waals surface area contributed by atoms with Crippen LogP contribution in [0.15, 0.2) is 86.7 Å². The van der Waals surface area contributed by atoms with E-state index >= 15 is 0 Å². The summed E-state index contributed by atoms with van der Waals surface area (Å²) in [6, 6.07) is 0. The Kier molecular flexibility index (Phi) is 37.8. The molecule has 41 nitrogen and oxygen atoms in total. The summed E-state index contributed by atoms with van der Waals surface area (Å²) in [5, 5.41) is 67.3. The molecule has 12 heterocycles. The fourth-order valence-electron chi connectivity index (χ4n) is 7.24. The van der Waals surface area contributed by atoms with E-state index in [9.17, 15) is 33.6 Å². The molecule has 114 heavy (non-hydrogen) atoms. The van der Waals surface area contributed by atoms with Crippen molar-refractivity contribution in [1.82, 2.24) is 118 Å². The number of azo groups is 1. The molecule has 0 aliphatic carbocycles. The highest BCUT2D eigenvalue weighted by molar-refractivity contribution is 6.07. The molecule has 0 aromatic carbocycles. The van der Waals surface area contributed by atoms with Gasteiger partial charge in [0.15, 0.2) is 35.8 Å². The van der Waals surface area contributed by atoms with E-state index in [1.807, 2.05) is 180 Å². The van der Waals surface area contributed by atoms with Crippen molar-refractivity contribution in [2.45, 2.75) is 299 Å². The fraction of sp³-hybridized carbons (Fsp3) is 0.699. The van der Waals surface area contributed by atoms with Crippen LogP contribution in [-0.2, 0) is 57.1 Å². The summed E-state index contributed by atoms with van der Waals surface area (Å²) < 4.78 is 17.9. The number of hydrogen-bond acceptors (Lipinski definition) is 31. The summed E-state index contributed by atoms with van der Waals surface area (Å²) in [4.78, 5) is 106.